The molecular formula is C23H17BrCl3N3O3. The summed E-state index contributed by atoms with van der Waals surface area (Å²) in [6, 6.07) is 17.1. The Morgan fingerprint density at radius 3 is 2.39 bits per heavy atom. The molecule has 0 radical (unpaired) electrons. The van der Waals surface area contributed by atoms with Gasteiger partial charge < -0.3 is 10.1 Å². The summed E-state index contributed by atoms with van der Waals surface area (Å²) in [6.45, 7) is 0.218. The van der Waals surface area contributed by atoms with Crippen molar-refractivity contribution in [3.8, 4) is 5.75 Å². The van der Waals surface area contributed by atoms with Crippen LogP contribution in [0.25, 0.3) is 0 Å². The molecule has 33 heavy (non-hydrogen) atoms. The highest BCUT2D eigenvalue weighted by atomic mass is 79.9. The van der Waals surface area contributed by atoms with Gasteiger partial charge in [0.25, 0.3) is 0 Å². The van der Waals surface area contributed by atoms with Crippen LogP contribution in [0.5, 0.6) is 5.75 Å². The monoisotopic (exact) mass is 567 g/mol. The smallest absolute Gasteiger partial charge is 0.249 e. The number of benzene rings is 3. The van der Waals surface area contributed by atoms with Crippen molar-refractivity contribution in [1.82, 2.24) is 5.43 Å². The Balaban J connectivity index is 1.57. The second-order valence-corrected chi connectivity index (χ2v) is 8.93. The van der Waals surface area contributed by atoms with Crippen molar-refractivity contribution >= 4 is 74.4 Å². The molecule has 3 aromatic rings. The van der Waals surface area contributed by atoms with E-state index < -0.39 is 18.2 Å². The summed E-state index contributed by atoms with van der Waals surface area (Å²) in [7, 11) is 0. The number of nitrogens with zero attached hydrogens (tertiary/aromatic N) is 1. The number of amides is 2. The first-order valence-corrected chi connectivity index (χ1v) is 11.5. The normalized spacial score (nSPS) is 10.8. The molecule has 0 atom stereocenters. The number of carbonyl (C=O) groups is 2. The molecule has 0 saturated heterocycles. The average Bonchev–Trinajstić information content (AvgIpc) is 2.76. The number of carbonyl (C=O) groups excluding carboxylic acids is 2. The van der Waals surface area contributed by atoms with E-state index in [0.29, 0.717) is 32.1 Å². The molecule has 170 valence electrons. The van der Waals surface area contributed by atoms with Crippen LogP contribution in [0.1, 0.15) is 17.5 Å². The Labute approximate surface area is 214 Å². The summed E-state index contributed by atoms with van der Waals surface area (Å²) < 4.78 is 6.67. The largest absolute Gasteiger partial charge is 0.488 e. The number of halogens is 4. The van der Waals surface area contributed by atoms with Gasteiger partial charge >= 0.3 is 0 Å². The lowest BCUT2D eigenvalue weighted by molar-refractivity contribution is -0.126. The molecule has 0 aliphatic rings. The van der Waals surface area contributed by atoms with E-state index in [1.54, 1.807) is 54.6 Å². The van der Waals surface area contributed by atoms with Crippen molar-refractivity contribution in [2.45, 2.75) is 13.0 Å². The Morgan fingerprint density at radius 2 is 1.67 bits per heavy atom. The van der Waals surface area contributed by atoms with Crippen LogP contribution in [-0.2, 0) is 16.2 Å². The molecule has 0 aromatic heterocycles. The highest BCUT2D eigenvalue weighted by Crippen LogP contribution is 2.26. The molecule has 0 spiro atoms. The minimum absolute atomic E-state index is 0.218. The molecular weight excluding hydrogens is 553 g/mol. The molecule has 0 bridgehead atoms. The maximum Gasteiger partial charge on any atom is 0.249 e. The summed E-state index contributed by atoms with van der Waals surface area (Å²) in [5.41, 5.74) is 4.26. The van der Waals surface area contributed by atoms with E-state index in [4.69, 9.17) is 39.5 Å². The molecule has 0 aliphatic heterocycles. The Morgan fingerprint density at radius 1 is 0.939 bits per heavy atom. The van der Waals surface area contributed by atoms with Gasteiger partial charge in [0.2, 0.25) is 11.8 Å². The lowest BCUT2D eigenvalue weighted by Gasteiger charge is -2.11. The maximum atomic E-state index is 12.0. The molecule has 10 heteroatoms. The Kier molecular flexibility index (Phi) is 9.14. The van der Waals surface area contributed by atoms with Gasteiger partial charge in [0.15, 0.2) is 0 Å². The fourth-order valence-electron chi connectivity index (χ4n) is 2.64. The zero-order chi connectivity index (χ0) is 23.8. The number of ether oxygens (including phenoxy) is 1. The van der Waals surface area contributed by atoms with Crippen molar-refractivity contribution in [1.29, 1.82) is 0 Å². The third-order valence-corrected chi connectivity index (χ3v) is 5.54. The molecule has 3 aromatic carbocycles. The third-order valence-electron chi connectivity index (χ3n) is 4.21. The number of nitrogens with one attached hydrogen (secondary N) is 2. The first-order chi connectivity index (χ1) is 15.8. The average molecular weight is 570 g/mol. The summed E-state index contributed by atoms with van der Waals surface area (Å²) in [4.78, 5) is 24.0. The van der Waals surface area contributed by atoms with E-state index in [2.05, 4.69) is 31.8 Å². The van der Waals surface area contributed by atoms with E-state index in [-0.39, 0.29) is 6.61 Å². The minimum Gasteiger partial charge on any atom is -0.488 e. The summed E-state index contributed by atoms with van der Waals surface area (Å²) >= 11 is 21.3. The topological polar surface area (TPSA) is 79.8 Å². The molecule has 6 nitrogen and oxygen atoms in total. The molecule has 2 N–H and O–H groups in total. The van der Waals surface area contributed by atoms with Crippen LogP contribution >= 0.6 is 50.7 Å². The molecule has 0 aliphatic carbocycles. The van der Waals surface area contributed by atoms with Gasteiger partial charge in [-0.3, -0.25) is 9.59 Å². The summed E-state index contributed by atoms with van der Waals surface area (Å²) in [6.07, 6.45) is 1.04. The van der Waals surface area contributed by atoms with Gasteiger partial charge in [-0.05, 0) is 54.6 Å². The van der Waals surface area contributed by atoms with Crippen LogP contribution in [-0.4, -0.2) is 18.0 Å². The van der Waals surface area contributed by atoms with Crippen LogP contribution < -0.4 is 15.5 Å². The van der Waals surface area contributed by atoms with Crippen LogP contribution in [0, 0.1) is 0 Å². The molecule has 0 saturated carbocycles. The van der Waals surface area contributed by atoms with Crippen molar-refractivity contribution in [2.75, 3.05) is 5.32 Å². The van der Waals surface area contributed by atoms with Gasteiger partial charge in [0.1, 0.15) is 18.8 Å². The molecule has 0 fully saturated rings. The quantitative estimate of drug-likeness (QED) is 0.186. The minimum atomic E-state index is -0.567. The van der Waals surface area contributed by atoms with Gasteiger partial charge in [0, 0.05) is 36.4 Å². The van der Waals surface area contributed by atoms with Crippen molar-refractivity contribution in [3.05, 3.63) is 91.3 Å². The lowest BCUT2D eigenvalue weighted by Crippen LogP contribution is -2.24. The van der Waals surface area contributed by atoms with Gasteiger partial charge in [0.05, 0.1) is 6.21 Å². The number of rotatable bonds is 8. The van der Waals surface area contributed by atoms with Gasteiger partial charge in [-0.1, -0.05) is 56.8 Å². The fourth-order valence-corrected chi connectivity index (χ4v) is 3.61. The highest BCUT2D eigenvalue weighted by molar-refractivity contribution is 9.10. The van der Waals surface area contributed by atoms with Crippen molar-refractivity contribution in [3.63, 3.8) is 0 Å². The van der Waals surface area contributed by atoms with E-state index in [1.165, 1.54) is 6.21 Å². The van der Waals surface area contributed by atoms with Crippen molar-refractivity contribution in [2.24, 2.45) is 5.10 Å². The highest BCUT2D eigenvalue weighted by Gasteiger charge is 2.10. The molecule has 0 heterocycles. The summed E-state index contributed by atoms with van der Waals surface area (Å²) in [5, 5.41) is 8.13. The maximum absolute atomic E-state index is 12.0. The third kappa shape index (κ3) is 8.05. The molecule has 0 unspecified atom stereocenters. The Hall–Kier alpha value is -2.58. The standard InChI is InChI=1S/C23H17BrCl3N3O3/c24-16-2-8-21(33-13-14-1-3-18(26)10-20(14)27)15(9-16)12-28-30-23(32)11-22(31)29-19-6-4-17(25)5-7-19/h1-10,12H,11,13H2,(H,29,31)(H,30,32). The first kappa shape index (κ1) is 25.1. The van der Waals surface area contributed by atoms with Gasteiger partial charge in [-0.15, -0.1) is 0 Å². The molecule has 2 amide bonds. The van der Waals surface area contributed by atoms with Crippen molar-refractivity contribution < 1.29 is 14.3 Å². The van der Waals surface area contributed by atoms with Crippen LogP contribution in [0.3, 0.4) is 0 Å². The second-order valence-electron chi connectivity index (χ2n) is 6.73. The van der Waals surface area contributed by atoms with E-state index in [1.807, 2.05) is 6.07 Å². The second kappa shape index (κ2) is 12.0. The van der Waals surface area contributed by atoms with Gasteiger partial charge in [-0.2, -0.15) is 5.10 Å². The first-order valence-electron chi connectivity index (χ1n) is 9.54. The summed E-state index contributed by atoms with van der Waals surface area (Å²) in [5.74, 6) is -0.512. The Bertz CT molecular complexity index is 1190. The number of anilines is 1. The number of hydrogen-bond donors (Lipinski definition) is 2. The van der Waals surface area contributed by atoms with Crippen LogP contribution in [0.4, 0.5) is 5.69 Å². The predicted octanol–water partition coefficient (Wildman–Crippen LogP) is 6.47. The van der Waals surface area contributed by atoms with Crippen LogP contribution in [0.15, 0.2) is 70.2 Å². The zero-order valence-electron chi connectivity index (χ0n) is 16.9. The van der Waals surface area contributed by atoms with E-state index >= 15 is 0 Å². The van der Waals surface area contributed by atoms with Crippen LogP contribution in [0.2, 0.25) is 15.1 Å². The van der Waals surface area contributed by atoms with E-state index in [9.17, 15) is 9.59 Å². The van der Waals surface area contributed by atoms with E-state index in [0.717, 1.165) is 10.0 Å². The zero-order valence-corrected chi connectivity index (χ0v) is 20.8. The number of hydrogen-bond acceptors (Lipinski definition) is 4. The molecule has 3 rings (SSSR count). The predicted molar refractivity (Wildman–Crippen MR) is 135 cm³/mol. The SMILES string of the molecule is O=C(CC(=O)Nc1ccc(Cl)cc1)NN=Cc1cc(Br)ccc1OCc1ccc(Cl)cc1Cl. The lowest BCUT2D eigenvalue weighted by atomic mass is 10.2. The number of hydrazone groups is 1. The van der Waals surface area contributed by atoms with Gasteiger partial charge in [-0.25, -0.2) is 5.43 Å². The fraction of sp³-hybridized carbons (Fsp3) is 0.0870.